The molecule has 2 heterocycles. The highest BCUT2D eigenvalue weighted by Crippen LogP contribution is 2.26. The number of aromatic nitrogens is 2. The van der Waals surface area contributed by atoms with Gasteiger partial charge in [0.2, 0.25) is 0 Å². The van der Waals surface area contributed by atoms with Gasteiger partial charge in [-0.25, -0.2) is 5.84 Å². The van der Waals surface area contributed by atoms with Crippen LogP contribution in [0.5, 0.6) is 0 Å². The minimum absolute atomic E-state index is 0.0304. The predicted molar refractivity (Wildman–Crippen MR) is 78.2 cm³/mol. The molecule has 9 heteroatoms. The molecule has 3 N–H and O–H groups in total. The van der Waals surface area contributed by atoms with Crippen LogP contribution in [0.15, 0.2) is 6.07 Å². The van der Waals surface area contributed by atoms with E-state index in [2.05, 4.69) is 10.5 Å². The van der Waals surface area contributed by atoms with Gasteiger partial charge >= 0.3 is 5.69 Å². The Hall–Kier alpha value is -2.26. The van der Waals surface area contributed by atoms with E-state index in [-0.39, 0.29) is 11.6 Å². The van der Waals surface area contributed by atoms with Crippen molar-refractivity contribution in [2.24, 2.45) is 5.84 Å². The number of hydrazine groups is 1. The molecular formula is C12H15N5O3S. The Morgan fingerprint density at radius 2 is 2.19 bits per heavy atom. The van der Waals surface area contributed by atoms with Crippen molar-refractivity contribution in [1.29, 1.82) is 0 Å². The lowest BCUT2D eigenvalue weighted by Gasteiger charge is -2.02. The number of carbonyl (C=O) groups excluding carboxylic acids is 1. The molecule has 0 spiro atoms. The summed E-state index contributed by atoms with van der Waals surface area (Å²) in [6.45, 7) is 5.52. The first-order chi connectivity index (χ1) is 9.85. The molecule has 2 aromatic heterocycles. The van der Waals surface area contributed by atoms with Gasteiger partial charge in [0.25, 0.3) is 5.91 Å². The minimum atomic E-state index is -0.429. The Labute approximate surface area is 124 Å². The quantitative estimate of drug-likeness (QED) is 0.383. The van der Waals surface area contributed by atoms with Crippen molar-refractivity contribution in [2.75, 3.05) is 0 Å². The zero-order valence-electron chi connectivity index (χ0n) is 11.8. The van der Waals surface area contributed by atoms with Gasteiger partial charge in [-0.15, -0.1) is 11.3 Å². The van der Waals surface area contributed by atoms with Crippen LogP contribution >= 0.6 is 11.3 Å². The fourth-order valence-electron chi connectivity index (χ4n) is 2.13. The van der Waals surface area contributed by atoms with E-state index in [1.807, 2.05) is 6.92 Å². The van der Waals surface area contributed by atoms with Crippen molar-refractivity contribution in [3.8, 4) is 0 Å². The maximum absolute atomic E-state index is 11.5. The van der Waals surface area contributed by atoms with Crippen LogP contribution < -0.4 is 11.3 Å². The highest BCUT2D eigenvalue weighted by molar-refractivity contribution is 7.14. The number of hydrogen-bond donors (Lipinski definition) is 2. The molecule has 0 aliphatic rings. The molecule has 2 rings (SSSR count). The molecule has 112 valence electrons. The van der Waals surface area contributed by atoms with Crippen molar-refractivity contribution in [3.63, 3.8) is 0 Å². The number of rotatable bonds is 4. The van der Waals surface area contributed by atoms with Gasteiger partial charge in [-0.2, -0.15) is 5.10 Å². The second-order valence-electron chi connectivity index (χ2n) is 4.60. The second kappa shape index (κ2) is 5.62. The first-order valence-electron chi connectivity index (χ1n) is 6.13. The monoisotopic (exact) mass is 309 g/mol. The summed E-state index contributed by atoms with van der Waals surface area (Å²) in [5, 5.41) is 15.2. The van der Waals surface area contributed by atoms with Crippen molar-refractivity contribution in [1.82, 2.24) is 15.2 Å². The number of aryl methyl sites for hydroxylation is 2. The van der Waals surface area contributed by atoms with Crippen molar-refractivity contribution in [3.05, 3.63) is 42.9 Å². The Bertz CT molecular complexity index is 719. The summed E-state index contributed by atoms with van der Waals surface area (Å²) in [4.78, 5) is 23.5. The van der Waals surface area contributed by atoms with Crippen molar-refractivity contribution >= 4 is 22.9 Å². The van der Waals surface area contributed by atoms with Crippen LogP contribution in [-0.4, -0.2) is 20.6 Å². The number of nitrogens with two attached hydrogens (primary N) is 1. The molecule has 0 aliphatic heterocycles. The number of nitrogen functional groups attached to an aromatic ring is 1. The van der Waals surface area contributed by atoms with E-state index < -0.39 is 4.92 Å². The van der Waals surface area contributed by atoms with Gasteiger partial charge in [0.05, 0.1) is 16.3 Å². The average molecular weight is 309 g/mol. The van der Waals surface area contributed by atoms with Crippen LogP contribution in [0.3, 0.4) is 0 Å². The maximum Gasteiger partial charge on any atom is 0.312 e. The SMILES string of the molecule is Cc1nn(Cc2cc(C(=O)NN)sc2C)c(C)c1[N+](=O)[O-]. The average Bonchev–Trinajstić information content (AvgIpc) is 2.90. The lowest BCUT2D eigenvalue weighted by Crippen LogP contribution is -2.29. The first-order valence-corrected chi connectivity index (χ1v) is 6.95. The Balaban J connectivity index is 2.35. The number of nitro groups is 1. The molecule has 2 aromatic rings. The van der Waals surface area contributed by atoms with E-state index in [9.17, 15) is 14.9 Å². The fourth-order valence-corrected chi connectivity index (χ4v) is 3.06. The van der Waals surface area contributed by atoms with Gasteiger partial charge < -0.3 is 0 Å². The number of carbonyl (C=O) groups is 1. The number of nitrogens with one attached hydrogen (secondary N) is 1. The van der Waals surface area contributed by atoms with E-state index in [4.69, 9.17) is 5.84 Å². The highest BCUT2D eigenvalue weighted by Gasteiger charge is 2.22. The van der Waals surface area contributed by atoms with E-state index in [0.717, 1.165) is 10.4 Å². The summed E-state index contributed by atoms with van der Waals surface area (Å²) in [6.07, 6.45) is 0. The summed E-state index contributed by atoms with van der Waals surface area (Å²) < 4.78 is 1.58. The number of thiophene rings is 1. The third-order valence-electron chi connectivity index (χ3n) is 3.22. The predicted octanol–water partition coefficient (Wildman–Crippen LogP) is 1.43. The standard InChI is InChI=1S/C12H15N5O3S/c1-6-11(17(19)20)7(2)16(15-6)5-9-4-10(12(18)14-13)21-8(9)3/h4H,5,13H2,1-3H3,(H,14,18). The molecule has 21 heavy (non-hydrogen) atoms. The van der Waals surface area contributed by atoms with Gasteiger partial charge in [-0.05, 0) is 32.4 Å². The molecule has 0 saturated carbocycles. The molecule has 1 amide bonds. The zero-order valence-corrected chi connectivity index (χ0v) is 12.7. The van der Waals surface area contributed by atoms with E-state index >= 15 is 0 Å². The third kappa shape index (κ3) is 2.78. The molecule has 0 radical (unpaired) electrons. The van der Waals surface area contributed by atoms with Crippen molar-refractivity contribution in [2.45, 2.75) is 27.3 Å². The molecule has 0 aromatic carbocycles. The molecule has 0 bridgehead atoms. The largest absolute Gasteiger partial charge is 0.312 e. The first kappa shape index (κ1) is 15.1. The Kier molecular flexibility index (Phi) is 4.05. The van der Waals surface area contributed by atoms with Gasteiger partial charge in [-0.1, -0.05) is 0 Å². The number of nitrogens with zero attached hydrogens (tertiary/aromatic N) is 3. The summed E-state index contributed by atoms with van der Waals surface area (Å²) in [6, 6.07) is 1.73. The molecular weight excluding hydrogens is 294 g/mol. The molecule has 0 fully saturated rings. The van der Waals surface area contributed by atoms with Crippen molar-refractivity contribution < 1.29 is 9.72 Å². The second-order valence-corrected chi connectivity index (χ2v) is 5.86. The lowest BCUT2D eigenvalue weighted by molar-refractivity contribution is -0.386. The van der Waals surface area contributed by atoms with Crippen LogP contribution in [0.4, 0.5) is 5.69 Å². The van der Waals surface area contributed by atoms with Crippen LogP contribution in [0, 0.1) is 30.9 Å². The summed E-state index contributed by atoms with van der Waals surface area (Å²) in [7, 11) is 0. The lowest BCUT2D eigenvalue weighted by atomic mass is 10.2. The van der Waals surface area contributed by atoms with E-state index in [1.54, 1.807) is 24.6 Å². The molecule has 0 saturated heterocycles. The van der Waals surface area contributed by atoms with E-state index in [1.165, 1.54) is 11.3 Å². The zero-order chi connectivity index (χ0) is 15.7. The molecule has 8 nitrogen and oxygen atoms in total. The van der Waals surface area contributed by atoms with Crippen LogP contribution in [-0.2, 0) is 6.54 Å². The smallest absolute Gasteiger partial charge is 0.289 e. The maximum atomic E-state index is 11.5. The van der Waals surface area contributed by atoms with Gasteiger partial charge in [0.15, 0.2) is 0 Å². The Morgan fingerprint density at radius 1 is 1.52 bits per heavy atom. The van der Waals surface area contributed by atoms with Gasteiger partial charge in [-0.3, -0.25) is 25.0 Å². The third-order valence-corrected chi connectivity index (χ3v) is 4.31. The van der Waals surface area contributed by atoms with Crippen LogP contribution in [0.1, 0.15) is 31.5 Å². The summed E-state index contributed by atoms with van der Waals surface area (Å²) in [5.74, 6) is 4.76. The van der Waals surface area contributed by atoms with E-state index in [0.29, 0.717) is 22.8 Å². The topological polar surface area (TPSA) is 116 Å². The molecule has 0 unspecified atom stereocenters. The van der Waals surface area contributed by atoms with Crippen LogP contribution in [0.2, 0.25) is 0 Å². The Morgan fingerprint density at radius 3 is 2.71 bits per heavy atom. The minimum Gasteiger partial charge on any atom is -0.289 e. The number of amides is 1. The highest BCUT2D eigenvalue weighted by atomic mass is 32.1. The van der Waals surface area contributed by atoms with Gasteiger partial charge in [0.1, 0.15) is 11.4 Å². The molecule has 0 aliphatic carbocycles. The van der Waals surface area contributed by atoms with Crippen LogP contribution in [0.25, 0.3) is 0 Å². The molecule has 0 atom stereocenters. The number of hydrogen-bond acceptors (Lipinski definition) is 6. The summed E-state index contributed by atoms with van der Waals surface area (Å²) in [5.41, 5.74) is 3.88. The summed E-state index contributed by atoms with van der Waals surface area (Å²) >= 11 is 1.32. The fraction of sp³-hybridized carbons (Fsp3) is 0.333. The normalized spacial score (nSPS) is 10.7. The van der Waals surface area contributed by atoms with Gasteiger partial charge in [0, 0.05) is 4.88 Å².